The Labute approximate surface area is 89.7 Å². The van der Waals surface area contributed by atoms with Crippen molar-refractivity contribution >= 4 is 0 Å². The van der Waals surface area contributed by atoms with Gasteiger partial charge >= 0.3 is 0 Å². The van der Waals surface area contributed by atoms with Crippen LogP contribution in [0.25, 0.3) is 0 Å². The molecule has 15 heavy (non-hydrogen) atoms. The van der Waals surface area contributed by atoms with Gasteiger partial charge in [0, 0.05) is 6.04 Å². The normalized spacial score (nSPS) is 41.8. The molecule has 0 aliphatic heterocycles. The number of hydrogen-bond acceptors (Lipinski definition) is 5. The number of aliphatic hydroxyl groups is 4. The molecule has 1 aliphatic carbocycles. The number of rotatable bonds is 4. The van der Waals surface area contributed by atoms with Crippen LogP contribution in [0.4, 0.5) is 0 Å². The van der Waals surface area contributed by atoms with Crippen LogP contribution in [0, 0.1) is 0 Å². The Balaban J connectivity index is 2.43. The highest BCUT2D eigenvalue weighted by atomic mass is 16.4. The summed E-state index contributed by atoms with van der Waals surface area (Å²) in [5, 5.41) is 40.9. The van der Waals surface area contributed by atoms with E-state index in [0.29, 0.717) is 0 Å². The first-order valence-electron chi connectivity index (χ1n) is 5.53. The molecule has 5 nitrogen and oxygen atoms in total. The molecule has 5 atom stereocenters. The van der Waals surface area contributed by atoms with E-state index in [-0.39, 0.29) is 12.5 Å². The van der Waals surface area contributed by atoms with Crippen molar-refractivity contribution in [3.63, 3.8) is 0 Å². The van der Waals surface area contributed by atoms with Crippen LogP contribution in [0.2, 0.25) is 0 Å². The van der Waals surface area contributed by atoms with E-state index in [2.05, 4.69) is 12.2 Å². The topological polar surface area (TPSA) is 93.0 Å². The molecular weight excluding hydrogens is 198 g/mol. The monoisotopic (exact) mass is 219 g/mol. The van der Waals surface area contributed by atoms with Gasteiger partial charge in [-0.2, -0.15) is 0 Å². The second-order valence-corrected chi connectivity index (χ2v) is 4.19. The van der Waals surface area contributed by atoms with Gasteiger partial charge in [0.25, 0.3) is 0 Å². The lowest BCUT2D eigenvalue weighted by Gasteiger charge is -2.38. The summed E-state index contributed by atoms with van der Waals surface area (Å²) in [6.07, 6.45) is -2.20. The molecule has 0 heterocycles. The highest BCUT2D eigenvalue weighted by Gasteiger charge is 2.41. The molecule has 0 saturated heterocycles. The van der Waals surface area contributed by atoms with Gasteiger partial charge in [0.15, 0.2) is 0 Å². The zero-order valence-corrected chi connectivity index (χ0v) is 9.00. The first-order chi connectivity index (χ1) is 7.07. The molecule has 0 aromatic rings. The van der Waals surface area contributed by atoms with Crippen LogP contribution < -0.4 is 5.32 Å². The maximum Gasteiger partial charge on any atom is 0.110 e. The smallest absolute Gasteiger partial charge is 0.110 e. The van der Waals surface area contributed by atoms with Gasteiger partial charge in [-0.25, -0.2) is 0 Å². The van der Waals surface area contributed by atoms with Gasteiger partial charge in [-0.1, -0.05) is 13.3 Å². The number of hydrogen-bond donors (Lipinski definition) is 5. The molecule has 0 aromatic carbocycles. The van der Waals surface area contributed by atoms with Gasteiger partial charge in [0.05, 0.1) is 12.2 Å². The number of nitrogens with one attached hydrogen (secondary N) is 1. The lowest BCUT2D eigenvalue weighted by Crippen LogP contribution is -2.60. The predicted octanol–water partition coefficient (Wildman–Crippen LogP) is -1.41. The van der Waals surface area contributed by atoms with Crippen LogP contribution in [0.15, 0.2) is 0 Å². The summed E-state index contributed by atoms with van der Waals surface area (Å²) in [5.74, 6) is 0. The third-order valence-corrected chi connectivity index (χ3v) is 2.94. The number of aliphatic hydroxyl groups excluding tert-OH is 4. The summed E-state index contributed by atoms with van der Waals surface area (Å²) in [4.78, 5) is 0. The lowest BCUT2D eigenvalue weighted by atomic mass is 9.85. The molecule has 5 heteroatoms. The Morgan fingerprint density at radius 3 is 2.33 bits per heavy atom. The van der Waals surface area contributed by atoms with Crippen molar-refractivity contribution in [1.82, 2.24) is 5.32 Å². The fraction of sp³-hybridized carbons (Fsp3) is 1.00. The molecule has 0 radical (unpaired) electrons. The third kappa shape index (κ3) is 3.12. The average Bonchev–Trinajstić information content (AvgIpc) is 2.23. The van der Waals surface area contributed by atoms with Crippen molar-refractivity contribution in [2.24, 2.45) is 0 Å². The van der Waals surface area contributed by atoms with E-state index in [0.717, 1.165) is 19.4 Å². The third-order valence-electron chi connectivity index (χ3n) is 2.94. The Hall–Kier alpha value is -0.200. The fourth-order valence-electron chi connectivity index (χ4n) is 1.87. The maximum absolute atomic E-state index is 9.64. The molecule has 0 amide bonds. The van der Waals surface area contributed by atoms with Crippen molar-refractivity contribution in [3.8, 4) is 0 Å². The van der Waals surface area contributed by atoms with Gasteiger partial charge in [0.2, 0.25) is 0 Å². The Kier molecular flexibility index (Phi) is 4.95. The zero-order valence-electron chi connectivity index (χ0n) is 9.00. The van der Waals surface area contributed by atoms with Crippen molar-refractivity contribution < 1.29 is 20.4 Å². The van der Waals surface area contributed by atoms with Crippen molar-refractivity contribution in [3.05, 3.63) is 0 Å². The molecular formula is C10H21NO4. The van der Waals surface area contributed by atoms with Crippen LogP contribution >= 0.6 is 0 Å². The first-order valence-corrected chi connectivity index (χ1v) is 5.53. The van der Waals surface area contributed by atoms with E-state index in [1.807, 2.05) is 0 Å². The lowest BCUT2D eigenvalue weighted by molar-refractivity contribution is -0.146. The molecule has 1 saturated carbocycles. The maximum atomic E-state index is 9.64. The van der Waals surface area contributed by atoms with Crippen molar-refractivity contribution in [1.29, 1.82) is 0 Å². The molecule has 90 valence electrons. The molecule has 1 aliphatic rings. The van der Waals surface area contributed by atoms with Gasteiger partial charge in [-0.15, -0.1) is 0 Å². The minimum atomic E-state index is -1.27. The highest BCUT2D eigenvalue weighted by Crippen LogP contribution is 2.20. The van der Waals surface area contributed by atoms with E-state index >= 15 is 0 Å². The van der Waals surface area contributed by atoms with Gasteiger partial charge < -0.3 is 25.7 Å². The van der Waals surface area contributed by atoms with Gasteiger partial charge in [0.1, 0.15) is 12.2 Å². The SMILES string of the molecule is CCCCN[C@H]1C[C@@H](O)[C@H](O)[C@@H](O)[C@H]1O. The quantitative estimate of drug-likeness (QED) is 0.375. The second kappa shape index (κ2) is 5.77. The Morgan fingerprint density at radius 1 is 1.07 bits per heavy atom. The summed E-state index contributed by atoms with van der Waals surface area (Å²) in [6, 6.07) is -0.343. The fourth-order valence-corrected chi connectivity index (χ4v) is 1.87. The van der Waals surface area contributed by atoms with Crippen LogP contribution in [0.3, 0.4) is 0 Å². The Bertz CT molecular complexity index is 190. The molecule has 0 bridgehead atoms. The summed E-state index contributed by atoms with van der Waals surface area (Å²) in [5.41, 5.74) is 0. The molecule has 0 aromatic heterocycles. The summed E-state index contributed by atoms with van der Waals surface area (Å²) >= 11 is 0. The summed E-state index contributed by atoms with van der Waals surface area (Å²) in [6.45, 7) is 2.81. The first kappa shape index (κ1) is 12.9. The molecule has 5 N–H and O–H groups in total. The van der Waals surface area contributed by atoms with Crippen LogP contribution in [0.5, 0.6) is 0 Å². The summed E-state index contributed by atoms with van der Waals surface area (Å²) < 4.78 is 0. The summed E-state index contributed by atoms with van der Waals surface area (Å²) in [7, 11) is 0. The minimum absolute atomic E-state index is 0.267. The largest absolute Gasteiger partial charge is 0.390 e. The number of unbranched alkanes of at least 4 members (excludes halogenated alkanes) is 1. The van der Waals surface area contributed by atoms with Crippen LogP contribution in [-0.4, -0.2) is 57.4 Å². The zero-order chi connectivity index (χ0) is 11.4. The van der Waals surface area contributed by atoms with E-state index in [1.54, 1.807) is 0 Å². The molecule has 1 rings (SSSR count). The van der Waals surface area contributed by atoms with E-state index in [9.17, 15) is 20.4 Å². The predicted molar refractivity (Wildman–Crippen MR) is 55.3 cm³/mol. The van der Waals surface area contributed by atoms with E-state index in [4.69, 9.17) is 0 Å². The van der Waals surface area contributed by atoms with Crippen molar-refractivity contribution in [2.75, 3.05) is 6.54 Å². The second-order valence-electron chi connectivity index (χ2n) is 4.19. The Morgan fingerprint density at radius 2 is 1.73 bits per heavy atom. The van der Waals surface area contributed by atoms with Crippen LogP contribution in [-0.2, 0) is 0 Å². The van der Waals surface area contributed by atoms with Gasteiger partial charge in [-0.3, -0.25) is 0 Å². The molecule has 1 fully saturated rings. The minimum Gasteiger partial charge on any atom is -0.390 e. The highest BCUT2D eigenvalue weighted by molar-refractivity contribution is 4.95. The standard InChI is InChI=1S/C10H21NO4/c1-2-3-4-11-6-5-7(12)9(14)10(15)8(6)13/h6-15H,2-5H2,1H3/t6-,7+,8-,9-,10-/m0/s1. The van der Waals surface area contributed by atoms with E-state index in [1.165, 1.54) is 0 Å². The molecule has 0 unspecified atom stereocenters. The van der Waals surface area contributed by atoms with Gasteiger partial charge in [-0.05, 0) is 19.4 Å². The van der Waals surface area contributed by atoms with Crippen molar-refractivity contribution in [2.45, 2.75) is 56.6 Å². The van der Waals surface area contributed by atoms with E-state index < -0.39 is 24.4 Å². The molecule has 0 spiro atoms. The average molecular weight is 219 g/mol. The van der Waals surface area contributed by atoms with Crippen LogP contribution in [0.1, 0.15) is 26.2 Å².